The van der Waals surface area contributed by atoms with E-state index in [1.807, 2.05) is 23.1 Å². The van der Waals surface area contributed by atoms with Crippen molar-refractivity contribution in [3.05, 3.63) is 65.7 Å². The third kappa shape index (κ3) is 5.59. The van der Waals surface area contributed by atoms with E-state index in [9.17, 15) is 4.79 Å². The maximum atomic E-state index is 11.8. The number of hydrogen-bond acceptors (Lipinski definition) is 2. The number of anilines is 1. The fourth-order valence-corrected chi connectivity index (χ4v) is 3.43. The highest BCUT2D eigenvalue weighted by Crippen LogP contribution is 2.21. The monoisotopic (exact) mass is 378 g/mol. The van der Waals surface area contributed by atoms with Gasteiger partial charge in [-0.3, -0.25) is 9.79 Å². The van der Waals surface area contributed by atoms with E-state index >= 15 is 0 Å². The molecule has 0 aliphatic carbocycles. The molecule has 1 aliphatic heterocycles. The second kappa shape index (κ2) is 9.93. The Labute approximate surface area is 167 Å². The summed E-state index contributed by atoms with van der Waals surface area (Å²) < 4.78 is 0. The van der Waals surface area contributed by atoms with Crippen molar-refractivity contribution in [3.8, 4) is 0 Å². The van der Waals surface area contributed by atoms with Gasteiger partial charge in [0.1, 0.15) is 0 Å². The van der Waals surface area contributed by atoms with Crippen LogP contribution in [0.4, 0.5) is 5.69 Å². The minimum Gasteiger partial charge on any atom is -0.354 e. The second-order valence-electron chi connectivity index (χ2n) is 7.31. The lowest BCUT2D eigenvalue weighted by Crippen LogP contribution is -2.42. The lowest BCUT2D eigenvalue weighted by Gasteiger charge is -2.19. The van der Waals surface area contributed by atoms with E-state index in [0.29, 0.717) is 19.0 Å². The molecule has 1 heterocycles. The number of nitrogens with one attached hydrogen (secondary N) is 2. The van der Waals surface area contributed by atoms with Crippen molar-refractivity contribution in [1.82, 2.24) is 10.6 Å². The van der Waals surface area contributed by atoms with Crippen LogP contribution in [0.25, 0.3) is 0 Å². The van der Waals surface area contributed by atoms with Crippen molar-refractivity contribution in [2.45, 2.75) is 45.2 Å². The fourth-order valence-electron chi connectivity index (χ4n) is 3.43. The smallest absolute Gasteiger partial charge is 0.227 e. The number of guanidine groups is 1. The summed E-state index contributed by atoms with van der Waals surface area (Å²) in [5, 5.41) is 6.83. The predicted octanol–water partition coefficient (Wildman–Crippen LogP) is 3.50. The zero-order valence-corrected chi connectivity index (χ0v) is 16.8. The van der Waals surface area contributed by atoms with Gasteiger partial charge >= 0.3 is 0 Å². The van der Waals surface area contributed by atoms with Crippen LogP contribution in [0.3, 0.4) is 0 Å². The number of amides is 1. The van der Waals surface area contributed by atoms with E-state index in [-0.39, 0.29) is 5.91 Å². The Balaban J connectivity index is 1.45. The molecular weight excluding hydrogens is 348 g/mol. The molecule has 1 unspecified atom stereocenters. The van der Waals surface area contributed by atoms with Gasteiger partial charge in [0, 0.05) is 38.3 Å². The Morgan fingerprint density at radius 1 is 1.11 bits per heavy atom. The van der Waals surface area contributed by atoms with Gasteiger partial charge in [0.2, 0.25) is 5.91 Å². The van der Waals surface area contributed by atoms with Crippen LogP contribution < -0.4 is 15.5 Å². The van der Waals surface area contributed by atoms with Gasteiger partial charge in [-0.25, -0.2) is 0 Å². The Bertz CT molecular complexity index is 786. The highest BCUT2D eigenvalue weighted by atomic mass is 16.2. The summed E-state index contributed by atoms with van der Waals surface area (Å²) in [7, 11) is 1.79. The van der Waals surface area contributed by atoms with Gasteiger partial charge in [-0.2, -0.15) is 0 Å². The average Bonchev–Trinajstić information content (AvgIpc) is 3.16. The van der Waals surface area contributed by atoms with Crippen LogP contribution in [0, 0.1) is 0 Å². The van der Waals surface area contributed by atoms with Crippen molar-refractivity contribution in [2.24, 2.45) is 4.99 Å². The lowest BCUT2D eigenvalue weighted by atomic mass is 10.1. The second-order valence-corrected chi connectivity index (χ2v) is 7.31. The van der Waals surface area contributed by atoms with Crippen LogP contribution in [-0.4, -0.2) is 31.5 Å². The van der Waals surface area contributed by atoms with Crippen LogP contribution in [0.1, 0.15) is 37.3 Å². The summed E-state index contributed by atoms with van der Waals surface area (Å²) in [5.41, 5.74) is 3.51. The minimum atomic E-state index is 0.222. The Morgan fingerprint density at radius 3 is 2.50 bits per heavy atom. The normalized spacial score (nSPS) is 15.6. The molecule has 0 bridgehead atoms. The first-order valence-corrected chi connectivity index (χ1v) is 10.1. The third-order valence-electron chi connectivity index (χ3n) is 5.10. The van der Waals surface area contributed by atoms with Crippen LogP contribution in [-0.2, 0) is 17.8 Å². The fraction of sp³-hybridized carbons (Fsp3) is 0.391. The van der Waals surface area contributed by atoms with Crippen molar-refractivity contribution in [1.29, 1.82) is 0 Å². The van der Waals surface area contributed by atoms with Crippen LogP contribution in [0.2, 0.25) is 0 Å². The molecule has 0 spiro atoms. The van der Waals surface area contributed by atoms with Crippen LogP contribution >= 0.6 is 0 Å². The van der Waals surface area contributed by atoms with Gasteiger partial charge in [0.05, 0.1) is 0 Å². The molecule has 1 amide bonds. The van der Waals surface area contributed by atoms with Gasteiger partial charge in [-0.05, 0) is 49.4 Å². The average molecular weight is 379 g/mol. The number of carbonyl (C=O) groups excluding carboxylic acids is 1. The predicted molar refractivity (Wildman–Crippen MR) is 116 cm³/mol. The molecular formula is C23H30N4O. The van der Waals surface area contributed by atoms with Gasteiger partial charge in [0.25, 0.3) is 0 Å². The SMILES string of the molecule is CN=C(NCc1ccc(N2CCCC2=O)cc1)NC(C)CCc1ccccc1. The summed E-state index contributed by atoms with van der Waals surface area (Å²) >= 11 is 0. The first-order chi connectivity index (χ1) is 13.7. The molecule has 0 saturated carbocycles. The van der Waals surface area contributed by atoms with E-state index in [4.69, 9.17) is 0 Å². The molecule has 1 atom stereocenters. The number of aliphatic imine (C=N–C) groups is 1. The number of rotatable bonds is 7. The number of carbonyl (C=O) groups is 1. The van der Waals surface area contributed by atoms with E-state index < -0.39 is 0 Å². The zero-order chi connectivity index (χ0) is 19.8. The minimum absolute atomic E-state index is 0.222. The summed E-state index contributed by atoms with van der Waals surface area (Å²) in [6.45, 7) is 3.70. The van der Waals surface area contributed by atoms with Crippen molar-refractivity contribution < 1.29 is 4.79 Å². The topological polar surface area (TPSA) is 56.7 Å². The molecule has 0 radical (unpaired) electrons. The molecule has 5 heteroatoms. The van der Waals surface area contributed by atoms with E-state index in [2.05, 4.69) is 58.9 Å². The quantitative estimate of drug-likeness (QED) is 0.573. The van der Waals surface area contributed by atoms with Crippen molar-refractivity contribution in [2.75, 3.05) is 18.5 Å². The zero-order valence-electron chi connectivity index (χ0n) is 16.8. The largest absolute Gasteiger partial charge is 0.354 e. The lowest BCUT2D eigenvalue weighted by molar-refractivity contribution is -0.117. The number of benzene rings is 2. The molecule has 148 valence electrons. The Hall–Kier alpha value is -2.82. The van der Waals surface area contributed by atoms with E-state index in [1.54, 1.807) is 7.05 Å². The Kier molecular flexibility index (Phi) is 7.06. The third-order valence-corrected chi connectivity index (χ3v) is 5.10. The van der Waals surface area contributed by atoms with Gasteiger partial charge in [-0.15, -0.1) is 0 Å². The highest BCUT2D eigenvalue weighted by molar-refractivity contribution is 5.95. The molecule has 1 fully saturated rings. The molecule has 5 nitrogen and oxygen atoms in total. The number of aryl methyl sites for hydroxylation is 1. The summed E-state index contributed by atoms with van der Waals surface area (Å²) in [5.74, 6) is 1.03. The summed E-state index contributed by atoms with van der Waals surface area (Å²) in [6, 6.07) is 19.1. The van der Waals surface area contributed by atoms with Gasteiger partial charge in [-0.1, -0.05) is 42.5 Å². The van der Waals surface area contributed by atoms with Gasteiger partial charge in [0.15, 0.2) is 5.96 Å². The summed E-state index contributed by atoms with van der Waals surface area (Å²) in [6.07, 6.45) is 3.70. The molecule has 1 saturated heterocycles. The molecule has 2 aromatic carbocycles. The van der Waals surface area contributed by atoms with Crippen molar-refractivity contribution in [3.63, 3.8) is 0 Å². The number of nitrogens with zero attached hydrogens (tertiary/aromatic N) is 2. The molecule has 1 aliphatic rings. The molecule has 0 aromatic heterocycles. The Morgan fingerprint density at radius 2 is 1.86 bits per heavy atom. The maximum absolute atomic E-state index is 11.8. The molecule has 28 heavy (non-hydrogen) atoms. The molecule has 2 aromatic rings. The molecule has 3 rings (SSSR count). The van der Waals surface area contributed by atoms with E-state index in [0.717, 1.165) is 43.0 Å². The van der Waals surface area contributed by atoms with E-state index in [1.165, 1.54) is 5.56 Å². The van der Waals surface area contributed by atoms with Crippen LogP contribution in [0.15, 0.2) is 59.6 Å². The number of hydrogen-bond donors (Lipinski definition) is 2. The summed E-state index contributed by atoms with van der Waals surface area (Å²) in [4.78, 5) is 18.0. The van der Waals surface area contributed by atoms with Gasteiger partial charge < -0.3 is 15.5 Å². The highest BCUT2D eigenvalue weighted by Gasteiger charge is 2.21. The first kappa shape index (κ1) is 19.9. The van der Waals surface area contributed by atoms with Crippen molar-refractivity contribution >= 4 is 17.6 Å². The molecule has 2 N–H and O–H groups in total. The standard InChI is InChI=1S/C23H30N4O/c1-18(10-11-19-7-4-3-5-8-19)26-23(24-2)25-17-20-12-14-21(15-13-20)27-16-6-9-22(27)28/h3-5,7-8,12-15,18H,6,9-11,16-17H2,1-2H3,(H2,24,25,26). The first-order valence-electron chi connectivity index (χ1n) is 10.1. The van der Waals surface area contributed by atoms with Crippen LogP contribution in [0.5, 0.6) is 0 Å². The maximum Gasteiger partial charge on any atom is 0.227 e.